The molecule has 0 unspecified atom stereocenters. The van der Waals surface area contributed by atoms with Crippen LogP contribution in [0.5, 0.6) is 0 Å². The number of piperidine rings is 1. The molecule has 3 heterocycles. The summed E-state index contributed by atoms with van der Waals surface area (Å²) in [4.78, 5) is 29.4. The van der Waals surface area contributed by atoms with Crippen molar-refractivity contribution < 1.29 is 4.79 Å². The molecule has 2 aromatic heterocycles. The number of likely N-dealkylation sites (tertiary alicyclic amines) is 1. The molecule has 1 amide bonds. The fourth-order valence-electron chi connectivity index (χ4n) is 3.11. The van der Waals surface area contributed by atoms with Gasteiger partial charge in [-0.3, -0.25) is 9.78 Å². The largest absolute Gasteiger partial charge is 0.342 e. The van der Waals surface area contributed by atoms with Gasteiger partial charge >= 0.3 is 0 Å². The highest BCUT2D eigenvalue weighted by atomic mass is 16.2. The number of aryl methyl sites for hydroxylation is 2. The molecule has 6 nitrogen and oxygen atoms in total. The van der Waals surface area contributed by atoms with Crippen molar-refractivity contribution in [3.8, 4) is 11.3 Å². The fraction of sp³-hybridized carbons (Fsp3) is 0.474. The number of hydrogen-bond donors (Lipinski definition) is 0. The third-order valence-electron chi connectivity index (χ3n) is 4.61. The second-order valence-electron chi connectivity index (χ2n) is 6.59. The molecule has 1 saturated heterocycles. The first-order chi connectivity index (χ1) is 12.0. The maximum absolute atomic E-state index is 11.9. The van der Waals surface area contributed by atoms with Gasteiger partial charge in [0.15, 0.2) is 0 Å². The second kappa shape index (κ2) is 7.59. The highest BCUT2D eigenvalue weighted by Gasteiger charge is 2.18. The molecule has 1 aliphatic rings. The summed E-state index contributed by atoms with van der Waals surface area (Å²) in [5, 5.41) is 0. The number of rotatable bonds is 5. The van der Waals surface area contributed by atoms with Crippen LogP contribution >= 0.6 is 0 Å². The van der Waals surface area contributed by atoms with E-state index in [0.29, 0.717) is 18.9 Å². The van der Waals surface area contributed by atoms with Crippen molar-refractivity contribution in [3.05, 3.63) is 35.8 Å². The minimum absolute atomic E-state index is 0.260. The molecular formula is C19H25N5O. The Morgan fingerprint density at radius 1 is 1.16 bits per heavy atom. The molecule has 1 aliphatic heterocycles. The van der Waals surface area contributed by atoms with Gasteiger partial charge in [0.25, 0.3) is 0 Å². The van der Waals surface area contributed by atoms with Gasteiger partial charge in [0.1, 0.15) is 0 Å². The van der Waals surface area contributed by atoms with Crippen molar-refractivity contribution in [2.24, 2.45) is 0 Å². The summed E-state index contributed by atoms with van der Waals surface area (Å²) < 4.78 is 0. The molecule has 0 spiro atoms. The summed E-state index contributed by atoms with van der Waals surface area (Å²) >= 11 is 0. The lowest BCUT2D eigenvalue weighted by Gasteiger charge is -2.28. The first kappa shape index (κ1) is 17.3. The lowest BCUT2D eigenvalue weighted by atomic mass is 10.1. The molecular weight excluding hydrogens is 314 g/mol. The number of likely N-dealkylation sites (N-methyl/N-ethyl adjacent to an activating group) is 1. The third-order valence-corrected chi connectivity index (χ3v) is 4.61. The normalized spacial score (nSPS) is 14.7. The van der Waals surface area contributed by atoms with Crippen LogP contribution in [0.25, 0.3) is 11.3 Å². The van der Waals surface area contributed by atoms with Crippen LogP contribution in [0, 0.1) is 13.8 Å². The lowest BCUT2D eigenvalue weighted by Crippen LogP contribution is -2.40. The maximum Gasteiger partial charge on any atom is 0.225 e. The third kappa shape index (κ3) is 4.13. The van der Waals surface area contributed by atoms with Crippen LogP contribution in [-0.2, 0) is 4.79 Å². The van der Waals surface area contributed by atoms with Crippen LogP contribution in [0.2, 0.25) is 0 Å². The Hall–Kier alpha value is -2.50. The van der Waals surface area contributed by atoms with Gasteiger partial charge in [0.05, 0.1) is 5.69 Å². The average molecular weight is 339 g/mol. The van der Waals surface area contributed by atoms with Gasteiger partial charge in [-0.25, -0.2) is 9.97 Å². The monoisotopic (exact) mass is 339 g/mol. The van der Waals surface area contributed by atoms with Gasteiger partial charge in [0, 0.05) is 56.3 Å². The molecule has 0 atom stereocenters. The molecule has 0 saturated carbocycles. The van der Waals surface area contributed by atoms with Crippen molar-refractivity contribution in [1.82, 2.24) is 19.9 Å². The smallest absolute Gasteiger partial charge is 0.225 e. The van der Waals surface area contributed by atoms with Gasteiger partial charge in [-0.2, -0.15) is 0 Å². The lowest BCUT2D eigenvalue weighted by molar-refractivity contribution is -0.133. The SMILES string of the molecule is Cc1ccc(-c2ccnc(N(C)CCN3CCCCC3=O)n2)c(C)n1. The molecule has 0 N–H and O–H groups in total. The van der Waals surface area contributed by atoms with E-state index >= 15 is 0 Å². The van der Waals surface area contributed by atoms with E-state index in [1.165, 1.54) is 0 Å². The van der Waals surface area contributed by atoms with Gasteiger partial charge in [-0.15, -0.1) is 0 Å². The summed E-state index contributed by atoms with van der Waals surface area (Å²) in [6.45, 7) is 6.28. The molecule has 0 aliphatic carbocycles. The minimum Gasteiger partial charge on any atom is -0.342 e. The van der Waals surface area contributed by atoms with Crippen LogP contribution in [0.3, 0.4) is 0 Å². The molecule has 6 heteroatoms. The van der Waals surface area contributed by atoms with E-state index in [1.54, 1.807) is 6.20 Å². The van der Waals surface area contributed by atoms with E-state index in [9.17, 15) is 4.79 Å². The molecule has 132 valence electrons. The standard InChI is InChI=1S/C19H25N5O/c1-14-7-8-16(15(2)21-14)17-9-10-20-19(22-17)23(3)12-13-24-11-5-4-6-18(24)25/h7-10H,4-6,11-13H2,1-3H3. The Kier molecular flexibility index (Phi) is 5.26. The Balaban J connectivity index is 1.71. The fourth-order valence-corrected chi connectivity index (χ4v) is 3.11. The second-order valence-corrected chi connectivity index (χ2v) is 6.59. The zero-order chi connectivity index (χ0) is 17.8. The van der Waals surface area contributed by atoms with Crippen LogP contribution in [0.15, 0.2) is 24.4 Å². The predicted molar refractivity (Wildman–Crippen MR) is 98.4 cm³/mol. The van der Waals surface area contributed by atoms with Crippen LogP contribution in [0.4, 0.5) is 5.95 Å². The van der Waals surface area contributed by atoms with E-state index in [4.69, 9.17) is 0 Å². The highest BCUT2D eigenvalue weighted by Crippen LogP contribution is 2.21. The van der Waals surface area contributed by atoms with E-state index in [2.05, 4.69) is 21.0 Å². The quantitative estimate of drug-likeness (QED) is 0.838. The molecule has 0 radical (unpaired) electrons. The van der Waals surface area contributed by atoms with E-state index in [0.717, 1.165) is 48.6 Å². The number of carbonyl (C=O) groups is 1. The van der Waals surface area contributed by atoms with Crippen molar-refractivity contribution in [3.63, 3.8) is 0 Å². The first-order valence-corrected chi connectivity index (χ1v) is 8.81. The Morgan fingerprint density at radius 3 is 2.76 bits per heavy atom. The number of carbonyl (C=O) groups excluding carboxylic acids is 1. The molecule has 3 rings (SSSR count). The number of pyridine rings is 1. The summed E-state index contributed by atoms with van der Waals surface area (Å²) in [7, 11) is 1.97. The molecule has 0 bridgehead atoms. The summed E-state index contributed by atoms with van der Waals surface area (Å²) in [5.41, 5.74) is 3.86. The van der Waals surface area contributed by atoms with Crippen molar-refractivity contribution in [2.45, 2.75) is 33.1 Å². The van der Waals surface area contributed by atoms with Gasteiger partial charge in [-0.1, -0.05) is 0 Å². The predicted octanol–water partition coefficient (Wildman–Crippen LogP) is 2.60. The minimum atomic E-state index is 0.260. The molecule has 0 aromatic carbocycles. The molecule has 1 fully saturated rings. The first-order valence-electron chi connectivity index (χ1n) is 8.81. The Bertz CT molecular complexity index is 761. The number of amides is 1. The van der Waals surface area contributed by atoms with Crippen LogP contribution < -0.4 is 4.90 Å². The Morgan fingerprint density at radius 2 is 2.00 bits per heavy atom. The summed E-state index contributed by atoms with van der Waals surface area (Å²) in [6, 6.07) is 5.96. The van der Waals surface area contributed by atoms with Crippen LogP contribution in [0.1, 0.15) is 30.7 Å². The van der Waals surface area contributed by atoms with Gasteiger partial charge in [-0.05, 0) is 44.9 Å². The average Bonchev–Trinajstić information content (AvgIpc) is 2.61. The number of anilines is 1. The highest BCUT2D eigenvalue weighted by molar-refractivity contribution is 5.76. The number of hydrogen-bond acceptors (Lipinski definition) is 5. The zero-order valence-electron chi connectivity index (χ0n) is 15.2. The van der Waals surface area contributed by atoms with E-state index in [-0.39, 0.29) is 5.91 Å². The number of aromatic nitrogens is 3. The van der Waals surface area contributed by atoms with Gasteiger partial charge in [0.2, 0.25) is 11.9 Å². The van der Waals surface area contributed by atoms with E-state index in [1.807, 2.05) is 42.8 Å². The molecule has 2 aromatic rings. The summed E-state index contributed by atoms with van der Waals surface area (Å²) in [6.07, 6.45) is 4.57. The zero-order valence-corrected chi connectivity index (χ0v) is 15.2. The topological polar surface area (TPSA) is 62.2 Å². The van der Waals surface area contributed by atoms with E-state index < -0.39 is 0 Å². The maximum atomic E-state index is 11.9. The summed E-state index contributed by atoms with van der Waals surface area (Å²) in [5.74, 6) is 0.928. The molecule has 25 heavy (non-hydrogen) atoms. The van der Waals surface area contributed by atoms with Crippen molar-refractivity contribution in [1.29, 1.82) is 0 Å². The number of nitrogens with zero attached hydrogens (tertiary/aromatic N) is 5. The Labute approximate surface area is 148 Å². The van der Waals surface area contributed by atoms with Crippen molar-refractivity contribution in [2.75, 3.05) is 31.6 Å². The van der Waals surface area contributed by atoms with Crippen molar-refractivity contribution >= 4 is 11.9 Å². The van der Waals surface area contributed by atoms with Crippen LogP contribution in [-0.4, -0.2) is 52.4 Å². The van der Waals surface area contributed by atoms with Gasteiger partial charge < -0.3 is 9.80 Å².